The van der Waals surface area contributed by atoms with Gasteiger partial charge in [-0.2, -0.15) is 0 Å². The average molecular weight is 771 g/mol. The van der Waals surface area contributed by atoms with Gasteiger partial charge in [-0.1, -0.05) is 133 Å². The van der Waals surface area contributed by atoms with Gasteiger partial charge in [0.15, 0.2) is 17.5 Å². The van der Waals surface area contributed by atoms with Gasteiger partial charge in [0.2, 0.25) is 0 Å². The fourth-order valence-electron chi connectivity index (χ4n) is 9.14. The Morgan fingerprint density at radius 3 is 1.92 bits per heavy atom. The zero-order valence-corrected chi connectivity index (χ0v) is 32.2. The topological polar surface area (TPSA) is 56.7 Å². The van der Waals surface area contributed by atoms with Crippen LogP contribution in [0.4, 0.5) is 0 Å². The number of para-hydroxylation sites is 2. The van der Waals surface area contributed by atoms with E-state index in [0.29, 0.717) is 17.5 Å². The molecule has 274 valence electrons. The first-order valence-electron chi connectivity index (χ1n) is 19.8. The van der Waals surface area contributed by atoms with Crippen LogP contribution >= 0.6 is 11.3 Å². The van der Waals surface area contributed by atoms with Crippen LogP contribution in [0.15, 0.2) is 186 Å². The lowest BCUT2D eigenvalue weighted by Gasteiger charge is -2.14. The second kappa shape index (κ2) is 12.4. The molecule has 0 fully saturated rings. The predicted octanol–water partition coefficient (Wildman–Crippen LogP) is 14.5. The van der Waals surface area contributed by atoms with E-state index in [4.69, 9.17) is 19.4 Å². The van der Waals surface area contributed by atoms with Gasteiger partial charge in [0, 0.05) is 53.0 Å². The highest BCUT2D eigenvalue weighted by Crippen LogP contribution is 2.43. The Hall–Kier alpha value is -7.67. The van der Waals surface area contributed by atoms with Crippen LogP contribution in [0, 0.1) is 0 Å². The first-order chi connectivity index (χ1) is 29.2. The summed E-state index contributed by atoms with van der Waals surface area (Å²) in [7, 11) is 0. The van der Waals surface area contributed by atoms with Gasteiger partial charge in [0.25, 0.3) is 0 Å². The van der Waals surface area contributed by atoms with Crippen molar-refractivity contribution < 1.29 is 4.42 Å². The van der Waals surface area contributed by atoms with E-state index in [0.717, 1.165) is 70.8 Å². The zero-order valence-electron chi connectivity index (χ0n) is 31.4. The molecule has 0 saturated heterocycles. The maximum atomic E-state index is 6.74. The molecule has 13 rings (SSSR count). The Balaban J connectivity index is 1.14. The highest BCUT2D eigenvalue weighted by Gasteiger charge is 2.23. The van der Waals surface area contributed by atoms with E-state index in [1.54, 1.807) is 11.3 Å². The largest absolute Gasteiger partial charge is 0.456 e. The molecule has 0 unspecified atom stereocenters. The second-order valence-corrected chi connectivity index (χ2v) is 16.2. The van der Waals surface area contributed by atoms with Gasteiger partial charge in [-0.15, -0.1) is 11.3 Å². The molecule has 13 aromatic rings. The quantitative estimate of drug-likeness (QED) is 0.179. The van der Waals surface area contributed by atoms with Crippen LogP contribution in [0.25, 0.3) is 125 Å². The number of benzene rings is 9. The van der Waals surface area contributed by atoms with Crippen molar-refractivity contribution in [3.05, 3.63) is 182 Å². The third-order valence-corrected chi connectivity index (χ3v) is 13.0. The third-order valence-electron chi connectivity index (χ3n) is 11.8. The summed E-state index contributed by atoms with van der Waals surface area (Å²) in [5.74, 6) is 1.82. The molecule has 59 heavy (non-hydrogen) atoms. The van der Waals surface area contributed by atoms with Crippen molar-refractivity contribution in [2.24, 2.45) is 0 Å². The molecule has 0 aliphatic heterocycles. The number of aromatic nitrogens is 4. The summed E-state index contributed by atoms with van der Waals surface area (Å²) in [5, 5.41) is 11.5. The lowest BCUT2D eigenvalue weighted by Crippen LogP contribution is -2.02. The molecule has 0 aliphatic carbocycles. The standard InChI is InChI=1S/C53H30N4OS/c1-2-15-33-28-44-42(27-32(33)14-1)36-18-5-8-24-43(36)57(44)45-29-34(30-47-49(45)40-20-6-9-25-46(40)58-47)51-54-52(39-22-11-16-31-13-3-4-17-35(31)39)56-53(55-51)41-23-12-21-38-37-19-7-10-26-48(37)59-50(38)41/h1-30H. The molecule has 4 heterocycles. The Kier molecular flexibility index (Phi) is 6.82. The molecule has 5 nitrogen and oxygen atoms in total. The molecule has 4 aromatic heterocycles. The smallest absolute Gasteiger partial charge is 0.165 e. The Morgan fingerprint density at radius 2 is 1.03 bits per heavy atom. The molecular formula is C53H30N4OS. The number of hydrogen-bond donors (Lipinski definition) is 0. The molecule has 0 amide bonds. The molecule has 0 aliphatic rings. The minimum absolute atomic E-state index is 0.575. The highest BCUT2D eigenvalue weighted by molar-refractivity contribution is 7.26. The Morgan fingerprint density at radius 1 is 0.407 bits per heavy atom. The molecular weight excluding hydrogens is 741 g/mol. The van der Waals surface area contributed by atoms with Crippen molar-refractivity contribution >= 4 is 96.8 Å². The van der Waals surface area contributed by atoms with Crippen LogP contribution in [0.5, 0.6) is 0 Å². The summed E-state index contributed by atoms with van der Waals surface area (Å²) >= 11 is 1.78. The van der Waals surface area contributed by atoms with E-state index in [9.17, 15) is 0 Å². The number of furan rings is 1. The van der Waals surface area contributed by atoms with Crippen molar-refractivity contribution in [1.82, 2.24) is 19.5 Å². The maximum absolute atomic E-state index is 6.74. The summed E-state index contributed by atoms with van der Waals surface area (Å²) < 4.78 is 11.5. The van der Waals surface area contributed by atoms with Crippen molar-refractivity contribution in [1.29, 1.82) is 0 Å². The van der Waals surface area contributed by atoms with Gasteiger partial charge < -0.3 is 8.98 Å². The summed E-state index contributed by atoms with van der Waals surface area (Å²) in [6, 6.07) is 64.4. The van der Waals surface area contributed by atoms with Crippen molar-refractivity contribution in [2.45, 2.75) is 0 Å². The second-order valence-electron chi connectivity index (χ2n) is 15.1. The number of hydrogen-bond acceptors (Lipinski definition) is 5. The van der Waals surface area contributed by atoms with Crippen molar-refractivity contribution in [3.63, 3.8) is 0 Å². The Bertz CT molecular complexity index is 3870. The normalized spacial score (nSPS) is 12.1. The van der Waals surface area contributed by atoms with Crippen LogP contribution < -0.4 is 0 Å². The monoisotopic (exact) mass is 770 g/mol. The van der Waals surface area contributed by atoms with E-state index in [1.165, 1.54) is 37.0 Å². The SMILES string of the molecule is c1ccc2cc3c(cc2c1)c1ccccc1n3-c1cc(-c2nc(-c3cccc4ccccc34)nc(-c3cccc4c3sc3ccccc34)n2)cc2oc3ccccc3c12. The lowest BCUT2D eigenvalue weighted by atomic mass is 10.0. The van der Waals surface area contributed by atoms with E-state index >= 15 is 0 Å². The minimum atomic E-state index is 0.575. The predicted molar refractivity (Wildman–Crippen MR) is 246 cm³/mol. The maximum Gasteiger partial charge on any atom is 0.165 e. The van der Waals surface area contributed by atoms with Crippen LogP contribution in [0.1, 0.15) is 0 Å². The zero-order chi connectivity index (χ0) is 38.6. The van der Waals surface area contributed by atoms with Crippen LogP contribution in [-0.4, -0.2) is 19.5 Å². The van der Waals surface area contributed by atoms with Gasteiger partial charge >= 0.3 is 0 Å². The van der Waals surface area contributed by atoms with Gasteiger partial charge in [-0.25, -0.2) is 15.0 Å². The van der Waals surface area contributed by atoms with E-state index in [1.807, 2.05) is 12.1 Å². The molecule has 0 atom stereocenters. The number of thiophene rings is 1. The summed E-state index contributed by atoms with van der Waals surface area (Å²) in [6.07, 6.45) is 0. The van der Waals surface area contributed by atoms with E-state index in [2.05, 4.69) is 174 Å². The molecule has 0 N–H and O–H groups in total. The van der Waals surface area contributed by atoms with Crippen LogP contribution in [0.2, 0.25) is 0 Å². The molecule has 0 radical (unpaired) electrons. The molecule has 0 saturated carbocycles. The van der Waals surface area contributed by atoms with Crippen molar-refractivity contribution in [2.75, 3.05) is 0 Å². The first kappa shape index (κ1) is 32.4. The summed E-state index contributed by atoms with van der Waals surface area (Å²) in [5.41, 5.74) is 7.62. The average Bonchev–Trinajstić information content (AvgIpc) is 3.97. The lowest BCUT2D eigenvalue weighted by molar-refractivity contribution is 0.669. The van der Waals surface area contributed by atoms with Gasteiger partial charge in [-0.3, -0.25) is 0 Å². The first-order valence-corrected chi connectivity index (χ1v) is 20.6. The third kappa shape index (κ3) is 4.87. The van der Waals surface area contributed by atoms with Gasteiger partial charge in [0.05, 0.1) is 22.1 Å². The van der Waals surface area contributed by atoms with E-state index in [-0.39, 0.29) is 0 Å². The number of fused-ring (bicyclic) bond motifs is 11. The van der Waals surface area contributed by atoms with Crippen molar-refractivity contribution in [3.8, 4) is 39.9 Å². The Labute approximate surface area is 341 Å². The summed E-state index contributed by atoms with van der Waals surface area (Å²) in [4.78, 5) is 16.0. The van der Waals surface area contributed by atoms with Gasteiger partial charge in [0.1, 0.15) is 11.2 Å². The fraction of sp³-hybridized carbons (Fsp3) is 0. The molecule has 0 spiro atoms. The number of rotatable bonds is 4. The molecule has 9 aromatic carbocycles. The van der Waals surface area contributed by atoms with Crippen LogP contribution in [-0.2, 0) is 0 Å². The van der Waals surface area contributed by atoms with Gasteiger partial charge in [-0.05, 0) is 70.1 Å². The van der Waals surface area contributed by atoms with E-state index < -0.39 is 0 Å². The minimum Gasteiger partial charge on any atom is -0.456 e. The highest BCUT2D eigenvalue weighted by atomic mass is 32.1. The summed E-state index contributed by atoms with van der Waals surface area (Å²) in [6.45, 7) is 0. The number of nitrogens with zero attached hydrogens (tertiary/aromatic N) is 4. The fourth-order valence-corrected chi connectivity index (χ4v) is 10.4. The molecule has 6 heteroatoms. The van der Waals surface area contributed by atoms with Crippen LogP contribution in [0.3, 0.4) is 0 Å². The molecule has 0 bridgehead atoms.